The van der Waals surface area contributed by atoms with Crippen LogP contribution in [0.4, 0.5) is 0 Å². The average Bonchev–Trinajstić information content (AvgIpc) is 2.39. The van der Waals surface area contributed by atoms with Crippen LogP contribution in [0.25, 0.3) is 0 Å². The summed E-state index contributed by atoms with van der Waals surface area (Å²) >= 11 is 1.56. The quantitative estimate of drug-likeness (QED) is 0.429. The molecule has 0 aromatic rings. The molecule has 1 unspecified atom stereocenters. The van der Waals surface area contributed by atoms with Crippen LogP contribution in [0.1, 0.15) is 84.5 Å². The van der Waals surface area contributed by atoms with Crippen LogP contribution in [0.15, 0.2) is 0 Å². The molecule has 0 aliphatic heterocycles. The molecular formula is C16H32O2S. The van der Waals surface area contributed by atoms with E-state index in [0.29, 0.717) is 0 Å². The third kappa shape index (κ3) is 14.0. The monoisotopic (exact) mass is 288 g/mol. The van der Waals surface area contributed by atoms with E-state index in [4.69, 9.17) is 5.11 Å². The van der Waals surface area contributed by atoms with Gasteiger partial charge in [-0.3, -0.25) is 4.79 Å². The van der Waals surface area contributed by atoms with Gasteiger partial charge in [-0.2, -0.15) is 0 Å². The van der Waals surface area contributed by atoms with Crippen LogP contribution in [-0.2, 0) is 4.79 Å². The lowest BCUT2D eigenvalue weighted by Crippen LogP contribution is -2.11. The van der Waals surface area contributed by atoms with Crippen molar-refractivity contribution in [3.8, 4) is 0 Å². The smallest absolute Gasteiger partial charge is 0.316 e. The van der Waals surface area contributed by atoms with E-state index in [1.807, 2.05) is 0 Å². The van der Waals surface area contributed by atoms with Crippen LogP contribution in [0.5, 0.6) is 0 Å². The van der Waals surface area contributed by atoms with Crippen LogP contribution >= 0.6 is 11.8 Å². The largest absolute Gasteiger partial charge is 0.480 e. The van der Waals surface area contributed by atoms with E-state index in [1.165, 1.54) is 70.6 Å². The fourth-order valence-electron chi connectivity index (χ4n) is 2.10. The molecule has 0 spiro atoms. The van der Waals surface area contributed by atoms with Gasteiger partial charge in [0.1, 0.15) is 0 Å². The lowest BCUT2D eigenvalue weighted by Gasteiger charge is -2.05. The topological polar surface area (TPSA) is 37.3 Å². The molecule has 0 radical (unpaired) electrons. The fraction of sp³-hybridized carbons (Fsp3) is 0.938. The number of unbranched alkanes of at least 4 members (excludes halogenated alkanes) is 10. The second-order valence-electron chi connectivity index (χ2n) is 5.39. The number of hydrogen-bond acceptors (Lipinski definition) is 2. The molecule has 1 atom stereocenters. The van der Waals surface area contributed by atoms with Crippen LogP contribution in [0.3, 0.4) is 0 Å². The molecule has 3 heteroatoms. The second kappa shape index (κ2) is 14.2. The number of aliphatic carboxylic acids is 1. The van der Waals surface area contributed by atoms with E-state index < -0.39 is 5.97 Å². The lowest BCUT2D eigenvalue weighted by molar-refractivity contribution is -0.136. The van der Waals surface area contributed by atoms with E-state index in [-0.39, 0.29) is 5.25 Å². The van der Waals surface area contributed by atoms with Gasteiger partial charge in [-0.05, 0) is 19.1 Å². The molecule has 0 aliphatic rings. The molecular weight excluding hydrogens is 256 g/mol. The van der Waals surface area contributed by atoms with E-state index in [1.54, 1.807) is 18.7 Å². The van der Waals surface area contributed by atoms with Gasteiger partial charge in [0.25, 0.3) is 0 Å². The highest BCUT2D eigenvalue weighted by molar-refractivity contribution is 8.00. The highest BCUT2D eigenvalue weighted by Crippen LogP contribution is 2.15. The van der Waals surface area contributed by atoms with Crippen molar-refractivity contribution < 1.29 is 9.90 Å². The maximum atomic E-state index is 10.6. The Morgan fingerprint density at radius 3 is 1.74 bits per heavy atom. The van der Waals surface area contributed by atoms with Gasteiger partial charge in [0, 0.05) is 0 Å². The van der Waals surface area contributed by atoms with Crippen molar-refractivity contribution in [2.75, 3.05) is 5.75 Å². The molecule has 0 aliphatic carbocycles. The number of hydrogen-bond donors (Lipinski definition) is 1. The van der Waals surface area contributed by atoms with Crippen LogP contribution in [-0.4, -0.2) is 22.1 Å². The molecule has 0 aromatic carbocycles. The van der Waals surface area contributed by atoms with Gasteiger partial charge in [0.05, 0.1) is 5.25 Å². The minimum absolute atomic E-state index is 0.247. The molecule has 1 N–H and O–H groups in total. The Morgan fingerprint density at radius 1 is 0.895 bits per heavy atom. The van der Waals surface area contributed by atoms with Crippen molar-refractivity contribution in [3.05, 3.63) is 0 Å². The van der Waals surface area contributed by atoms with Gasteiger partial charge < -0.3 is 5.11 Å². The zero-order valence-corrected chi connectivity index (χ0v) is 13.6. The summed E-state index contributed by atoms with van der Waals surface area (Å²) in [5.74, 6) is 0.304. The SMILES string of the molecule is CCCCCCCCCCCCCSC(C)C(=O)O. The first kappa shape index (κ1) is 18.8. The first-order valence-electron chi connectivity index (χ1n) is 8.03. The van der Waals surface area contributed by atoms with Gasteiger partial charge >= 0.3 is 5.97 Å². The Bertz CT molecular complexity index is 207. The Balaban J connectivity index is 3.05. The minimum Gasteiger partial charge on any atom is -0.480 e. The van der Waals surface area contributed by atoms with E-state index in [2.05, 4.69) is 6.92 Å². The summed E-state index contributed by atoms with van der Waals surface area (Å²) in [4.78, 5) is 10.6. The van der Waals surface area contributed by atoms with Crippen molar-refractivity contribution in [1.82, 2.24) is 0 Å². The highest BCUT2D eigenvalue weighted by Gasteiger charge is 2.09. The molecule has 0 amide bonds. The zero-order chi connectivity index (χ0) is 14.3. The summed E-state index contributed by atoms with van der Waals surface area (Å²) in [5, 5.41) is 8.49. The summed E-state index contributed by atoms with van der Waals surface area (Å²) in [6.07, 6.45) is 14.8. The van der Waals surface area contributed by atoms with Gasteiger partial charge in [-0.1, -0.05) is 71.1 Å². The van der Waals surface area contributed by atoms with Crippen molar-refractivity contribution in [2.45, 2.75) is 89.7 Å². The van der Waals surface area contributed by atoms with E-state index in [9.17, 15) is 4.79 Å². The Labute approximate surface area is 123 Å². The molecule has 19 heavy (non-hydrogen) atoms. The van der Waals surface area contributed by atoms with Gasteiger partial charge in [0.2, 0.25) is 0 Å². The molecule has 0 fully saturated rings. The van der Waals surface area contributed by atoms with Crippen molar-refractivity contribution in [2.24, 2.45) is 0 Å². The maximum absolute atomic E-state index is 10.6. The maximum Gasteiger partial charge on any atom is 0.316 e. The number of carboxylic acid groups (broad SMARTS) is 1. The van der Waals surface area contributed by atoms with Crippen molar-refractivity contribution in [1.29, 1.82) is 0 Å². The van der Waals surface area contributed by atoms with Crippen LogP contribution < -0.4 is 0 Å². The van der Waals surface area contributed by atoms with Crippen molar-refractivity contribution in [3.63, 3.8) is 0 Å². The summed E-state index contributed by atoms with van der Waals surface area (Å²) in [6, 6.07) is 0. The highest BCUT2D eigenvalue weighted by atomic mass is 32.2. The third-order valence-electron chi connectivity index (χ3n) is 3.46. The Kier molecular flexibility index (Phi) is 14.1. The number of thioether (sulfide) groups is 1. The molecule has 0 saturated heterocycles. The third-order valence-corrected chi connectivity index (χ3v) is 4.69. The van der Waals surface area contributed by atoms with Gasteiger partial charge in [0.15, 0.2) is 0 Å². The average molecular weight is 288 g/mol. The molecule has 2 nitrogen and oxygen atoms in total. The Hall–Kier alpha value is -0.180. The molecule has 0 saturated carbocycles. The van der Waals surface area contributed by atoms with Gasteiger partial charge in [-0.25, -0.2) is 0 Å². The predicted octanol–water partition coefficient (Wildman–Crippen LogP) is 5.50. The number of carboxylic acids is 1. The molecule has 0 rings (SSSR count). The molecule has 114 valence electrons. The van der Waals surface area contributed by atoms with Crippen LogP contribution in [0, 0.1) is 0 Å². The number of carbonyl (C=O) groups is 1. The fourth-order valence-corrected chi connectivity index (χ4v) is 2.96. The van der Waals surface area contributed by atoms with Gasteiger partial charge in [-0.15, -0.1) is 11.8 Å². The van der Waals surface area contributed by atoms with E-state index in [0.717, 1.165) is 5.75 Å². The Morgan fingerprint density at radius 2 is 1.32 bits per heavy atom. The lowest BCUT2D eigenvalue weighted by atomic mass is 10.1. The van der Waals surface area contributed by atoms with Crippen molar-refractivity contribution >= 4 is 17.7 Å². The minimum atomic E-state index is -0.687. The first-order chi connectivity index (χ1) is 9.18. The summed E-state index contributed by atoms with van der Waals surface area (Å²) in [7, 11) is 0. The molecule has 0 bridgehead atoms. The molecule has 0 heterocycles. The summed E-state index contributed by atoms with van der Waals surface area (Å²) in [6.45, 7) is 4.03. The molecule has 0 aromatic heterocycles. The second-order valence-corrected chi connectivity index (χ2v) is 6.84. The number of rotatable bonds is 14. The zero-order valence-electron chi connectivity index (χ0n) is 12.8. The normalized spacial score (nSPS) is 12.5. The summed E-state index contributed by atoms with van der Waals surface area (Å²) in [5.41, 5.74) is 0. The summed E-state index contributed by atoms with van der Waals surface area (Å²) < 4.78 is 0. The standard InChI is InChI=1S/C16H32O2S/c1-3-4-5-6-7-8-9-10-11-12-13-14-19-15(2)16(17)18/h15H,3-14H2,1-2H3,(H,17,18). The predicted molar refractivity (Wildman–Crippen MR) is 86.0 cm³/mol. The van der Waals surface area contributed by atoms with Crippen LogP contribution in [0.2, 0.25) is 0 Å². The van der Waals surface area contributed by atoms with E-state index >= 15 is 0 Å². The first-order valence-corrected chi connectivity index (χ1v) is 9.07.